The first-order chi connectivity index (χ1) is 5.99. The van der Waals surface area contributed by atoms with Gasteiger partial charge < -0.3 is 0 Å². The summed E-state index contributed by atoms with van der Waals surface area (Å²) >= 11 is 0. The molecule has 0 aromatic heterocycles. The average molecular weight is 198 g/mol. The van der Waals surface area contributed by atoms with E-state index in [0.29, 0.717) is 6.54 Å². The molecule has 0 unspecified atom stereocenters. The Labute approximate surface area is 78.8 Å². The standard InChI is InChI=1S/C9H12NO2S/c1-8-5-3-4-6-9(8)7-10-13(2,11)12/h3-6,10H,1,7H2,2H3. The molecule has 0 amide bonds. The summed E-state index contributed by atoms with van der Waals surface area (Å²) in [4.78, 5) is 0. The van der Waals surface area contributed by atoms with Crippen molar-refractivity contribution in [3.63, 3.8) is 0 Å². The first-order valence-corrected chi connectivity index (χ1v) is 5.73. The average Bonchev–Trinajstić information content (AvgIpc) is 2.01. The third-order valence-electron chi connectivity index (χ3n) is 1.64. The fourth-order valence-corrected chi connectivity index (χ4v) is 1.36. The summed E-state index contributed by atoms with van der Waals surface area (Å²) in [7, 11) is -3.12. The number of nitrogens with one attached hydrogen (secondary N) is 1. The largest absolute Gasteiger partial charge is 0.213 e. The molecule has 0 aliphatic rings. The Kier molecular flexibility index (Phi) is 3.06. The monoisotopic (exact) mass is 198 g/mol. The van der Waals surface area contributed by atoms with E-state index >= 15 is 0 Å². The minimum absolute atomic E-state index is 0.304. The highest BCUT2D eigenvalue weighted by molar-refractivity contribution is 7.88. The number of sulfonamides is 1. The van der Waals surface area contributed by atoms with Gasteiger partial charge in [0.05, 0.1) is 6.26 Å². The molecule has 4 heteroatoms. The van der Waals surface area contributed by atoms with Gasteiger partial charge in [0.15, 0.2) is 0 Å². The maximum atomic E-state index is 10.8. The van der Waals surface area contributed by atoms with Crippen LogP contribution in [-0.4, -0.2) is 14.7 Å². The highest BCUT2D eigenvalue weighted by atomic mass is 32.2. The quantitative estimate of drug-likeness (QED) is 0.785. The summed E-state index contributed by atoms with van der Waals surface area (Å²) in [6, 6.07) is 7.42. The van der Waals surface area contributed by atoms with E-state index in [1.165, 1.54) is 0 Å². The number of benzene rings is 1. The lowest BCUT2D eigenvalue weighted by atomic mass is 10.1. The van der Waals surface area contributed by atoms with Crippen molar-refractivity contribution < 1.29 is 8.42 Å². The normalized spacial score (nSPS) is 11.5. The Morgan fingerprint density at radius 2 is 2.00 bits per heavy atom. The molecule has 0 aliphatic heterocycles. The zero-order valence-corrected chi connectivity index (χ0v) is 8.26. The van der Waals surface area contributed by atoms with Gasteiger partial charge in [0, 0.05) is 6.54 Å². The van der Waals surface area contributed by atoms with Crippen LogP contribution in [0.4, 0.5) is 0 Å². The third-order valence-corrected chi connectivity index (χ3v) is 2.31. The van der Waals surface area contributed by atoms with Crippen molar-refractivity contribution in [2.24, 2.45) is 0 Å². The van der Waals surface area contributed by atoms with E-state index in [-0.39, 0.29) is 0 Å². The summed E-state index contributed by atoms with van der Waals surface area (Å²) < 4.78 is 24.0. The van der Waals surface area contributed by atoms with E-state index < -0.39 is 10.0 Å². The van der Waals surface area contributed by atoms with E-state index in [1.54, 1.807) is 0 Å². The zero-order chi connectivity index (χ0) is 9.90. The fraction of sp³-hybridized carbons (Fsp3) is 0.222. The van der Waals surface area contributed by atoms with Crippen LogP contribution in [0.5, 0.6) is 0 Å². The van der Waals surface area contributed by atoms with Gasteiger partial charge in [-0.25, -0.2) is 13.1 Å². The summed E-state index contributed by atoms with van der Waals surface area (Å²) in [5.41, 5.74) is 1.74. The molecular formula is C9H12NO2S. The first kappa shape index (κ1) is 10.2. The highest BCUT2D eigenvalue weighted by Gasteiger charge is 2.01. The molecule has 1 radical (unpaired) electrons. The Morgan fingerprint density at radius 3 is 2.54 bits per heavy atom. The van der Waals surface area contributed by atoms with Gasteiger partial charge in [-0.15, -0.1) is 0 Å². The molecule has 3 nitrogen and oxygen atoms in total. The predicted molar refractivity (Wildman–Crippen MR) is 52.6 cm³/mol. The van der Waals surface area contributed by atoms with Crippen LogP contribution in [0.1, 0.15) is 11.1 Å². The van der Waals surface area contributed by atoms with Crippen molar-refractivity contribution in [3.8, 4) is 0 Å². The Morgan fingerprint density at radius 1 is 1.38 bits per heavy atom. The molecule has 0 atom stereocenters. The smallest absolute Gasteiger partial charge is 0.209 e. The Hall–Kier alpha value is -0.870. The zero-order valence-electron chi connectivity index (χ0n) is 7.45. The molecule has 0 aliphatic carbocycles. The second kappa shape index (κ2) is 3.89. The molecule has 0 spiro atoms. The minimum atomic E-state index is -3.12. The van der Waals surface area contributed by atoms with Crippen LogP contribution in [0, 0.1) is 6.92 Å². The lowest BCUT2D eigenvalue weighted by Gasteiger charge is -2.04. The van der Waals surface area contributed by atoms with Crippen LogP contribution in [-0.2, 0) is 16.6 Å². The number of rotatable bonds is 3. The molecule has 1 aromatic carbocycles. The predicted octanol–water partition coefficient (Wildman–Crippen LogP) is 0.918. The second-order valence-electron chi connectivity index (χ2n) is 2.86. The molecule has 0 saturated heterocycles. The van der Waals surface area contributed by atoms with Crippen molar-refractivity contribution in [1.82, 2.24) is 4.72 Å². The topological polar surface area (TPSA) is 46.2 Å². The fourth-order valence-electron chi connectivity index (χ4n) is 0.939. The van der Waals surface area contributed by atoms with E-state index in [1.807, 2.05) is 24.3 Å². The third kappa shape index (κ3) is 3.57. The van der Waals surface area contributed by atoms with Gasteiger partial charge >= 0.3 is 0 Å². The molecule has 1 aromatic rings. The molecule has 1 rings (SSSR count). The van der Waals surface area contributed by atoms with Crippen molar-refractivity contribution >= 4 is 10.0 Å². The van der Waals surface area contributed by atoms with Gasteiger partial charge in [-0.05, 0) is 18.1 Å². The van der Waals surface area contributed by atoms with Gasteiger partial charge in [0.25, 0.3) is 0 Å². The van der Waals surface area contributed by atoms with Crippen molar-refractivity contribution in [2.45, 2.75) is 6.54 Å². The number of hydrogen-bond acceptors (Lipinski definition) is 2. The Balaban J connectivity index is 2.71. The van der Waals surface area contributed by atoms with Crippen LogP contribution in [0.15, 0.2) is 24.3 Å². The first-order valence-electron chi connectivity index (χ1n) is 3.83. The Bertz CT molecular complexity index is 384. The van der Waals surface area contributed by atoms with Gasteiger partial charge in [-0.2, -0.15) is 0 Å². The molecule has 71 valence electrons. The van der Waals surface area contributed by atoms with Crippen molar-refractivity contribution in [1.29, 1.82) is 0 Å². The summed E-state index contributed by atoms with van der Waals surface area (Å²) in [5, 5.41) is 0. The minimum Gasteiger partial charge on any atom is -0.213 e. The number of hydrogen-bond donors (Lipinski definition) is 1. The van der Waals surface area contributed by atoms with Crippen molar-refractivity contribution in [3.05, 3.63) is 42.3 Å². The van der Waals surface area contributed by atoms with Gasteiger partial charge in [0.2, 0.25) is 10.0 Å². The van der Waals surface area contributed by atoms with Crippen molar-refractivity contribution in [2.75, 3.05) is 6.26 Å². The maximum absolute atomic E-state index is 10.8. The summed E-state index contributed by atoms with van der Waals surface area (Å²) in [6.07, 6.45) is 1.14. The maximum Gasteiger partial charge on any atom is 0.209 e. The summed E-state index contributed by atoms with van der Waals surface area (Å²) in [6.45, 7) is 4.09. The van der Waals surface area contributed by atoms with E-state index in [0.717, 1.165) is 17.4 Å². The molecular weight excluding hydrogens is 186 g/mol. The van der Waals surface area contributed by atoms with E-state index in [2.05, 4.69) is 11.6 Å². The van der Waals surface area contributed by atoms with Crippen LogP contribution >= 0.6 is 0 Å². The van der Waals surface area contributed by atoms with E-state index in [9.17, 15) is 8.42 Å². The van der Waals surface area contributed by atoms with Crippen LogP contribution in [0.2, 0.25) is 0 Å². The van der Waals surface area contributed by atoms with Crippen LogP contribution in [0.3, 0.4) is 0 Å². The molecule has 13 heavy (non-hydrogen) atoms. The molecule has 0 heterocycles. The molecule has 0 bridgehead atoms. The van der Waals surface area contributed by atoms with Gasteiger partial charge in [-0.1, -0.05) is 24.3 Å². The molecule has 0 fully saturated rings. The highest BCUT2D eigenvalue weighted by Crippen LogP contribution is 2.06. The van der Waals surface area contributed by atoms with Crippen LogP contribution in [0.25, 0.3) is 0 Å². The van der Waals surface area contributed by atoms with Gasteiger partial charge in [-0.3, -0.25) is 0 Å². The lowest BCUT2D eigenvalue weighted by molar-refractivity contribution is 0.587. The molecule has 1 N–H and O–H groups in total. The molecule has 0 saturated carbocycles. The van der Waals surface area contributed by atoms with Gasteiger partial charge in [0.1, 0.15) is 0 Å². The van der Waals surface area contributed by atoms with E-state index in [4.69, 9.17) is 0 Å². The summed E-state index contributed by atoms with van der Waals surface area (Å²) in [5.74, 6) is 0. The lowest BCUT2D eigenvalue weighted by Crippen LogP contribution is -2.21. The second-order valence-corrected chi connectivity index (χ2v) is 4.69. The SMILES string of the molecule is [CH2]c1ccccc1CNS(C)(=O)=O. The van der Waals surface area contributed by atoms with Crippen LogP contribution < -0.4 is 4.72 Å².